The monoisotopic (exact) mass is 302 g/mol. The molecule has 1 aromatic rings. The zero-order valence-electron chi connectivity index (χ0n) is 13.4. The SMILES string of the molecule is C[C@H](NC(=O)N1CCN(c2ccncc2)CC1)C1CCCC1. The first-order chi connectivity index (χ1) is 10.7. The highest BCUT2D eigenvalue weighted by Crippen LogP contribution is 2.27. The smallest absolute Gasteiger partial charge is 0.317 e. The van der Waals surface area contributed by atoms with E-state index >= 15 is 0 Å². The molecule has 22 heavy (non-hydrogen) atoms. The van der Waals surface area contributed by atoms with E-state index in [1.807, 2.05) is 29.4 Å². The number of hydrogen-bond acceptors (Lipinski definition) is 3. The minimum Gasteiger partial charge on any atom is -0.368 e. The normalized spacial score (nSPS) is 21.0. The molecular formula is C17H26N4O. The zero-order chi connectivity index (χ0) is 15.4. The molecule has 1 aromatic heterocycles. The molecule has 5 nitrogen and oxygen atoms in total. The van der Waals surface area contributed by atoms with Crippen molar-refractivity contribution in [1.29, 1.82) is 0 Å². The Balaban J connectivity index is 1.47. The van der Waals surface area contributed by atoms with Gasteiger partial charge in [0.2, 0.25) is 0 Å². The van der Waals surface area contributed by atoms with Gasteiger partial charge in [-0.25, -0.2) is 4.79 Å². The van der Waals surface area contributed by atoms with Crippen LogP contribution in [0.15, 0.2) is 24.5 Å². The van der Waals surface area contributed by atoms with Crippen molar-refractivity contribution < 1.29 is 4.79 Å². The summed E-state index contributed by atoms with van der Waals surface area (Å²) < 4.78 is 0. The molecule has 3 rings (SSSR count). The first-order valence-corrected chi connectivity index (χ1v) is 8.44. The molecule has 1 N–H and O–H groups in total. The fourth-order valence-corrected chi connectivity index (χ4v) is 3.58. The van der Waals surface area contributed by atoms with Crippen molar-refractivity contribution in [2.75, 3.05) is 31.1 Å². The lowest BCUT2D eigenvalue weighted by atomic mass is 10.00. The van der Waals surface area contributed by atoms with E-state index in [0.29, 0.717) is 12.0 Å². The van der Waals surface area contributed by atoms with Crippen molar-refractivity contribution in [2.45, 2.75) is 38.6 Å². The predicted molar refractivity (Wildman–Crippen MR) is 88.0 cm³/mol. The molecule has 1 atom stereocenters. The number of hydrogen-bond donors (Lipinski definition) is 1. The van der Waals surface area contributed by atoms with E-state index in [2.05, 4.69) is 22.1 Å². The lowest BCUT2D eigenvalue weighted by Gasteiger charge is -2.36. The zero-order valence-corrected chi connectivity index (χ0v) is 13.4. The number of pyridine rings is 1. The van der Waals surface area contributed by atoms with E-state index in [1.54, 1.807) is 0 Å². The van der Waals surface area contributed by atoms with E-state index in [4.69, 9.17) is 0 Å². The fourth-order valence-electron chi connectivity index (χ4n) is 3.58. The molecule has 1 saturated heterocycles. The maximum atomic E-state index is 12.4. The molecule has 0 unspecified atom stereocenters. The molecule has 2 amide bonds. The largest absolute Gasteiger partial charge is 0.368 e. The van der Waals surface area contributed by atoms with Crippen LogP contribution in [0.25, 0.3) is 0 Å². The summed E-state index contributed by atoms with van der Waals surface area (Å²) in [7, 11) is 0. The summed E-state index contributed by atoms with van der Waals surface area (Å²) in [5, 5.41) is 3.20. The van der Waals surface area contributed by atoms with Crippen molar-refractivity contribution in [2.24, 2.45) is 5.92 Å². The molecule has 0 aromatic carbocycles. The van der Waals surface area contributed by atoms with Gasteiger partial charge in [0.1, 0.15) is 0 Å². The highest BCUT2D eigenvalue weighted by atomic mass is 16.2. The Bertz CT molecular complexity index is 479. The van der Waals surface area contributed by atoms with Gasteiger partial charge < -0.3 is 15.1 Å². The number of nitrogens with one attached hydrogen (secondary N) is 1. The van der Waals surface area contributed by atoms with Crippen molar-refractivity contribution in [3.63, 3.8) is 0 Å². The van der Waals surface area contributed by atoms with Crippen molar-refractivity contribution in [1.82, 2.24) is 15.2 Å². The summed E-state index contributed by atoms with van der Waals surface area (Å²) >= 11 is 0. The van der Waals surface area contributed by atoms with Gasteiger partial charge in [0, 0.05) is 50.3 Å². The number of nitrogens with zero attached hydrogens (tertiary/aromatic N) is 3. The molecule has 1 aliphatic heterocycles. The summed E-state index contributed by atoms with van der Waals surface area (Å²) in [6.45, 7) is 5.49. The van der Waals surface area contributed by atoms with E-state index in [9.17, 15) is 4.79 Å². The van der Waals surface area contributed by atoms with Crippen LogP contribution in [-0.2, 0) is 0 Å². The Hall–Kier alpha value is -1.78. The van der Waals surface area contributed by atoms with Crippen molar-refractivity contribution in [3.05, 3.63) is 24.5 Å². The number of aromatic nitrogens is 1. The Morgan fingerprint density at radius 2 is 1.82 bits per heavy atom. The first kappa shape index (κ1) is 15.1. The summed E-state index contributed by atoms with van der Waals surface area (Å²) in [6, 6.07) is 4.46. The lowest BCUT2D eigenvalue weighted by Crippen LogP contribution is -2.54. The average Bonchev–Trinajstić information content (AvgIpc) is 3.10. The third-order valence-electron chi connectivity index (χ3n) is 5.05. The van der Waals surface area contributed by atoms with Crippen molar-refractivity contribution in [3.8, 4) is 0 Å². The van der Waals surface area contributed by atoms with Gasteiger partial charge in [-0.2, -0.15) is 0 Å². The molecule has 0 radical (unpaired) electrons. The minimum atomic E-state index is 0.105. The van der Waals surface area contributed by atoms with Gasteiger partial charge >= 0.3 is 6.03 Å². The molecule has 1 aliphatic carbocycles. The van der Waals surface area contributed by atoms with Crippen LogP contribution in [-0.4, -0.2) is 48.1 Å². The summed E-state index contributed by atoms with van der Waals surface area (Å²) in [4.78, 5) is 20.7. The van der Waals surface area contributed by atoms with Gasteiger partial charge in [0.15, 0.2) is 0 Å². The highest BCUT2D eigenvalue weighted by molar-refractivity contribution is 5.75. The maximum absolute atomic E-state index is 12.4. The van der Waals surface area contributed by atoms with E-state index in [0.717, 1.165) is 26.2 Å². The molecule has 0 spiro atoms. The second-order valence-corrected chi connectivity index (χ2v) is 6.46. The Morgan fingerprint density at radius 3 is 2.45 bits per heavy atom. The minimum absolute atomic E-state index is 0.105. The second-order valence-electron chi connectivity index (χ2n) is 6.46. The number of amides is 2. The number of carbonyl (C=O) groups is 1. The Labute approximate surface area is 132 Å². The van der Waals surface area contributed by atoms with E-state index in [-0.39, 0.29) is 6.03 Å². The third kappa shape index (κ3) is 3.51. The number of anilines is 1. The number of rotatable bonds is 3. The molecule has 2 heterocycles. The van der Waals surface area contributed by atoms with Crippen LogP contribution >= 0.6 is 0 Å². The molecule has 2 fully saturated rings. The lowest BCUT2D eigenvalue weighted by molar-refractivity contribution is 0.186. The van der Waals surface area contributed by atoms with E-state index in [1.165, 1.54) is 31.4 Å². The summed E-state index contributed by atoms with van der Waals surface area (Å²) in [5.74, 6) is 0.669. The molecule has 0 bridgehead atoms. The fraction of sp³-hybridized carbons (Fsp3) is 0.647. The molecule has 2 aliphatic rings. The maximum Gasteiger partial charge on any atom is 0.317 e. The van der Waals surface area contributed by atoms with Crippen molar-refractivity contribution >= 4 is 11.7 Å². The Morgan fingerprint density at radius 1 is 1.18 bits per heavy atom. The van der Waals surface area contributed by atoms with Crippen LogP contribution in [0.3, 0.4) is 0 Å². The first-order valence-electron chi connectivity index (χ1n) is 8.44. The van der Waals surface area contributed by atoms with Crippen LogP contribution in [0.4, 0.5) is 10.5 Å². The van der Waals surface area contributed by atoms with E-state index < -0.39 is 0 Å². The van der Waals surface area contributed by atoms with Gasteiger partial charge in [0.05, 0.1) is 0 Å². The number of carbonyl (C=O) groups excluding carboxylic acids is 1. The van der Waals surface area contributed by atoms with Crippen LogP contribution in [0.5, 0.6) is 0 Å². The van der Waals surface area contributed by atoms with Gasteiger partial charge in [-0.05, 0) is 37.8 Å². The highest BCUT2D eigenvalue weighted by Gasteiger charge is 2.26. The average molecular weight is 302 g/mol. The van der Waals surface area contributed by atoms with Crippen LogP contribution in [0, 0.1) is 5.92 Å². The standard InChI is InChI=1S/C17H26N4O/c1-14(15-4-2-3-5-15)19-17(22)21-12-10-20(11-13-21)16-6-8-18-9-7-16/h6-9,14-15H,2-5,10-13H2,1H3,(H,19,22)/t14-/m0/s1. The molecular weight excluding hydrogens is 276 g/mol. The van der Waals surface area contributed by atoms with Gasteiger partial charge in [-0.15, -0.1) is 0 Å². The molecule has 5 heteroatoms. The van der Waals surface area contributed by atoms with Crippen LogP contribution in [0.2, 0.25) is 0 Å². The molecule has 120 valence electrons. The number of piperazine rings is 1. The summed E-state index contributed by atoms with van der Waals surface area (Å²) in [5.41, 5.74) is 1.19. The van der Waals surface area contributed by atoms with Gasteiger partial charge in [-0.1, -0.05) is 12.8 Å². The second kappa shape index (κ2) is 6.99. The van der Waals surface area contributed by atoms with Gasteiger partial charge in [-0.3, -0.25) is 4.98 Å². The molecule has 1 saturated carbocycles. The summed E-state index contributed by atoms with van der Waals surface area (Å²) in [6.07, 6.45) is 8.79. The van der Waals surface area contributed by atoms with Crippen LogP contribution in [0.1, 0.15) is 32.6 Å². The topological polar surface area (TPSA) is 48.5 Å². The predicted octanol–water partition coefficient (Wildman–Crippen LogP) is 2.49. The van der Waals surface area contributed by atoms with Crippen LogP contribution < -0.4 is 10.2 Å². The van der Waals surface area contributed by atoms with Gasteiger partial charge in [0.25, 0.3) is 0 Å². The quantitative estimate of drug-likeness (QED) is 0.933. The number of urea groups is 1. The third-order valence-corrected chi connectivity index (χ3v) is 5.05. The Kier molecular flexibility index (Phi) is 4.80.